The first-order chi connectivity index (χ1) is 15.1. The van der Waals surface area contributed by atoms with Gasteiger partial charge in [0, 0.05) is 13.5 Å². The van der Waals surface area contributed by atoms with Crippen molar-refractivity contribution in [3.05, 3.63) is 47.5 Å². The van der Waals surface area contributed by atoms with Gasteiger partial charge in [-0.15, -0.1) is 0 Å². The van der Waals surface area contributed by atoms with Crippen LogP contribution in [0.2, 0.25) is 0 Å². The van der Waals surface area contributed by atoms with Crippen molar-refractivity contribution in [2.75, 3.05) is 14.2 Å². The number of phenols is 3. The van der Waals surface area contributed by atoms with Crippen molar-refractivity contribution in [2.24, 2.45) is 5.73 Å². The monoisotopic (exact) mass is 447 g/mol. The number of ether oxygens (including phenoxy) is 2. The molecule has 0 aromatic heterocycles. The van der Waals surface area contributed by atoms with Gasteiger partial charge < -0.3 is 41.2 Å². The van der Waals surface area contributed by atoms with Crippen LogP contribution in [-0.4, -0.2) is 59.5 Å². The molecule has 2 aromatic rings. The first-order valence-electron chi connectivity index (χ1n) is 9.50. The molecule has 0 saturated heterocycles. The molecular weight excluding hydrogens is 422 g/mol. The largest absolute Gasteiger partial charge is 0.504 e. The summed E-state index contributed by atoms with van der Waals surface area (Å²) >= 11 is 0. The molecule has 0 unspecified atom stereocenters. The van der Waals surface area contributed by atoms with Crippen molar-refractivity contribution in [2.45, 2.75) is 24.9 Å². The number of rotatable bonds is 8. The Labute approximate surface area is 183 Å². The van der Waals surface area contributed by atoms with E-state index in [1.807, 2.05) is 0 Å². The molecule has 172 valence electrons. The normalized spacial score (nSPS) is 12.3. The molecule has 11 nitrogen and oxygen atoms in total. The highest BCUT2D eigenvalue weighted by atomic mass is 16.6. The van der Waals surface area contributed by atoms with E-state index in [0.717, 1.165) is 7.11 Å². The molecule has 0 spiro atoms. The number of benzene rings is 2. The summed E-state index contributed by atoms with van der Waals surface area (Å²) in [5.74, 6) is -2.42. The molecule has 0 bridgehead atoms. The maximum Gasteiger partial charge on any atom is 0.412 e. The quantitative estimate of drug-likeness (QED) is 0.245. The molecule has 32 heavy (non-hydrogen) atoms. The van der Waals surface area contributed by atoms with Crippen LogP contribution in [0.25, 0.3) is 0 Å². The van der Waals surface area contributed by atoms with Crippen LogP contribution in [0.3, 0.4) is 0 Å². The number of phenolic OH excluding ortho intramolecular Hbond substituents is 3. The van der Waals surface area contributed by atoms with Crippen LogP contribution in [0, 0.1) is 0 Å². The fourth-order valence-corrected chi connectivity index (χ4v) is 2.81. The number of methoxy groups -OCH3 is 1. The Morgan fingerprint density at radius 3 is 2.19 bits per heavy atom. The molecule has 11 heteroatoms. The van der Waals surface area contributed by atoms with E-state index in [-0.39, 0.29) is 35.8 Å². The zero-order chi connectivity index (χ0) is 23.8. The van der Waals surface area contributed by atoms with Gasteiger partial charge in [0.1, 0.15) is 6.04 Å². The first kappa shape index (κ1) is 24.3. The highest BCUT2D eigenvalue weighted by Gasteiger charge is 2.25. The maximum atomic E-state index is 12.6. The van der Waals surface area contributed by atoms with Crippen molar-refractivity contribution >= 4 is 18.0 Å². The van der Waals surface area contributed by atoms with Crippen LogP contribution in [-0.2, 0) is 27.2 Å². The Morgan fingerprint density at radius 2 is 1.59 bits per heavy atom. The number of aromatic hydroxyl groups is 3. The average Bonchev–Trinajstić information content (AvgIpc) is 2.77. The molecule has 0 saturated carbocycles. The topological polar surface area (TPSA) is 180 Å². The molecule has 0 aliphatic heterocycles. The van der Waals surface area contributed by atoms with Crippen LogP contribution in [0.15, 0.2) is 36.4 Å². The molecule has 0 aliphatic rings. The highest BCUT2D eigenvalue weighted by molar-refractivity contribution is 5.87. The van der Waals surface area contributed by atoms with Gasteiger partial charge in [0.25, 0.3) is 0 Å². The van der Waals surface area contributed by atoms with Gasteiger partial charge in [0.15, 0.2) is 23.0 Å². The summed E-state index contributed by atoms with van der Waals surface area (Å²) in [4.78, 5) is 36.2. The molecule has 0 radical (unpaired) electrons. The summed E-state index contributed by atoms with van der Waals surface area (Å²) in [5.41, 5.74) is 6.90. The number of nitrogens with two attached hydrogens (primary N) is 1. The van der Waals surface area contributed by atoms with E-state index in [9.17, 15) is 29.7 Å². The summed E-state index contributed by atoms with van der Waals surface area (Å²) in [6.45, 7) is 0. The lowest BCUT2D eigenvalue weighted by Crippen LogP contribution is -2.50. The van der Waals surface area contributed by atoms with E-state index in [0.29, 0.717) is 11.1 Å². The summed E-state index contributed by atoms with van der Waals surface area (Å²) in [5, 5.41) is 33.6. The second kappa shape index (κ2) is 10.9. The van der Waals surface area contributed by atoms with Gasteiger partial charge in [-0.25, -0.2) is 9.59 Å². The number of hydrogen-bond acceptors (Lipinski definition) is 9. The number of hydrogen-bond donors (Lipinski definition) is 6. The van der Waals surface area contributed by atoms with Crippen LogP contribution in [0.4, 0.5) is 4.79 Å². The van der Waals surface area contributed by atoms with Crippen molar-refractivity contribution in [3.63, 3.8) is 0 Å². The Bertz CT molecular complexity index is 995. The second-order valence-corrected chi connectivity index (χ2v) is 6.86. The predicted molar refractivity (Wildman–Crippen MR) is 112 cm³/mol. The summed E-state index contributed by atoms with van der Waals surface area (Å²) in [7, 11) is 2.52. The Morgan fingerprint density at radius 1 is 0.969 bits per heavy atom. The first-order valence-corrected chi connectivity index (χ1v) is 9.50. The van der Waals surface area contributed by atoms with E-state index in [2.05, 4.69) is 10.6 Å². The van der Waals surface area contributed by atoms with Crippen molar-refractivity contribution in [1.82, 2.24) is 10.6 Å². The van der Waals surface area contributed by atoms with Gasteiger partial charge in [-0.05, 0) is 41.8 Å². The van der Waals surface area contributed by atoms with Crippen LogP contribution < -0.4 is 21.1 Å². The van der Waals surface area contributed by atoms with Crippen LogP contribution in [0.1, 0.15) is 11.1 Å². The summed E-state index contributed by atoms with van der Waals surface area (Å²) < 4.78 is 9.69. The number of carbonyl (C=O) groups excluding carboxylic acids is 3. The standard InChI is InChI=1S/C21H25N3O8/c1-23-21(30)32-18-10-12(4-6-16(18)26)8-14(20(29)31-2)24-19(28)13(22)7-11-3-5-15(25)17(27)9-11/h3-6,9-10,13-14,25-27H,7-8,22H2,1-2H3,(H,23,30)(H,24,28)/t13-,14-/m0/s1. The van der Waals surface area contributed by atoms with E-state index in [4.69, 9.17) is 15.2 Å². The van der Waals surface area contributed by atoms with Crippen molar-refractivity contribution in [1.29, 1.82) is 0 Å². The molecule has 2 rings (SSSR count). The van der Waals surface area contributed by atoms with E-state index < -0.39 is 30.1 Å². The Balaban J connectivity index is 2.12. The summed E-state index contributed by atoms with van der Waals surface area (Å²) in [6, 6.07) is 6.03. The zero-order valence-corrected chi connectivity index (χ0v) is 17.5. The third-order valence-electron chi connectivity index (χ3n) is 4.51. The van der Waals surface area contributed by atoms with Gasteiger partial charge in [-0.2, -0.15) is 0 Å². The molecule has 2 amide bonds. The fraction of sp³-hybridized carbons (Fsp3) is 0.286. The SMILES string of the molecule is CNC(=O)Oc1cc(C[C@H](NC(=O)[C@@H](N)Cc2ccc(O)c(O)c2)C(=O)OC)ccc1O. The van der Waals surface area contributed by atoms with Gasteiger partial charge in [0.05, 0.1) is 13.2 Å². The fourth-order valence-electron chi connectivity index (χ4n) is 2.81. The minimum Gasteiger partial charge on any atom is -0.504 e. The summed E-state index contributed by atoms with van der Waals surface area (Å²) in [6.07, 6.45) is -0.784. The third kappa shape index (κ3) is 6.51. The average molecular weight is 447 g/mol. The minimum absolute atomic E-state index is 0.0322. The van der Waals surface area contributed by atoms with Gasteiger partial charge in [-0.1, -0.05) is 12.1 Å². The number of nitrogens with one attached hydrogen (secondary N) is 2. The van der Waals surface area contributed by atoms with Crippen molar-refractivity contribution < 1.29 is 39.2 Å². The third-order valence-corrected chi connectivity index (χ3v) is 4.51. The van der Waals surface area contributed by atoms with Crippen LogP contribution in [0.5, 0.6) is 23.0 Å². The lowest BCUT2D eigenvalue weighted by Gasteiger charge is -2.20. The Hall–Kier alpha value is -3.99. The predicted octanol–water partition coefficient (Wildman–Crippen LogP) is 0.292. The highest BCUT2D eigenvalue weighted by Crippen LogP contribution is 2.28. The van der Waals surface area contributed by atoms with E-state index in [1.165, 1.54) is 43.4 Å². The molecular formula is C21H25N3O8. The van der Waals surface area contributed by atoms with Gasteiger partial charge >= 0.3 is 12.1 Å². The van der Waals surface area contributed by atoms with Crippen molar-refractivity contribution in [3.8, 4) is 23.0 Å². The van der Waals surface area contributed by atoms with Gasteiger partial charge in [-0.3, -0.25) is 4.79 Å². The maximum absolute atomic E-state index is 12.6. The minimum atomic E-state index is -1.11. The lowest BCUT2D eigenvalue weighted by molar-refractivity contribution is -0.145. The zero-order valence-electron chi connectivity index (χ0n) is 17.5. The number of esters is 1. The smallest absolute Gasteiger partial charge is 0.412 e. The number of carbonyl (C=O) groups is 3. The van der Waals surface area contributed by atoms with E-state index in [1.54, 1.807) is 0 Å². The molecule has 2 aromatic carbocycles. The molecule has 0 aliphatic carbocycles. The molecule has 2 atom stereocenters. The molecule has 7 N–H and O–H groups in total. The second-order valence-electron chi connectivity index (χ2n) is 6.86. The number of amides is 2. The Kier molecular flexibility index (Phi) is 8.24. The molecule has 0 heterocycles. The van der Waals surface area contributed by atoms with E-state index >= 15 is 0 Å². The lowest BCUT2D eigenvalue weighted by atomic mass is 10.0. The van der Waals surface area contributed by atoms with Crippen LogP contribution >= 0.6 is 0 Å². The molecule has 0 fully saturated rings. The van der Waals surface area contributed by atoms with Gasteiger partial charge in [0.2, 0.25) is 5.91 Å².